The molecule has 9 aromatic rings. The maximum Gasteiger partial charge on any atom is 0.121 e. The van der Waals surface area contributed by atoms with Gasteiger partial charge in [-0.2, -0.15) is 0 Å². The van der Waals surface area contributed by atoms with Gasteiger partial charge < -0.3 is 14.4 Å². The predicted molar refractivity (Wildman–Crippen MR) is 228 cm³/mol. The zero-order chi connectivity index (χ0) is 37.1. The fourth-order valence-corrected chi connectivity index (χ4v) is 8.74. The standard InChI is InChI=1S/C29H18NO.C21H22NSi.Ir/c1-3-8-20(9-4-1)22-14-15-24-25-12-7-13-26(29(25)31-28(24)19-22)27-18-23(16-17-30-27)21-10-5-2-6-11-21;1-16-13-20(22-15-21(16)23(2,3)4)19-12-8-11-18(14-19)17-9-6-5-7-10-17;/h1-12,14-19H;5-11,13-15H,1-4H3;/q2*-1;. The molecule has 0 amide bonds. The van der Waals surface area contributed by atoms with Crippen LogP contribution in [-0.4, -0.2) is 18.0 Å². The van der Waals surface area contributed by atoms with Gasteiger partial charge in [0.2, 0.25) is 0 Å². The quantitative estimate of drug-likeness (QED) is 0.123. The van der Waals surface area contributed by atoms with E-state index in [1.165, 1.54) is 27.4 Å². The largest absolute Gasteiger partial charge is 0.501 e. The number of hydrogen-bond acceptors (Lipinski definition) is 3. The molecule has 0 atom stereocenters. The van der Waals surface area contributed by atoms with E-state index in [0.29, 0.717) is 0 Å². The first-order chi connectivity index (χ1) is 26.3. The molecule has 6 aromatic carbocycles. The van der Waals surface area contributed by atoms with Crippen molar-refractivity contribution in [1.29, 1.82) is 0 Å². The molecule has 9 rings (SSSR count). The molecular weight excluding hydrogens is 865 g/mol. The van der Waals surface area contributed by atoms with E-state index in [-0.39, 0.29) is 20.1 Å². The van der Waals surface area contributed by atoms with E-state index < -0.39 is 8.07 Å². The Morgan fingerprint density at radius 1 is 0.527 bits per heavy atom. The van der Waals surface area contributed by atoms with E-state index in [1.807, 2.05) is 54.7 Å². The van der Waals surface area contributed by atoms with Crippen molar-refractivity contribution in [2.45, 2.75) is 26.6 Å². The average molecular weight is 905 g/mol. The molecule has 0 bridgehead atoms. The van der Waals surface area contributed by atoms with Gasteiger partial charge >= 0.3 is 0 Å². The Balaban J connectivity index is 0.000000174. The van der Waals surface area contributed by atoms with Gasteiger partial charge in [-0.3, -0.25) is 0 Å². The number of aromatic nitrogens is 2. The Morgan fingerprint density at radius 3 is 1.75 bits per heavy atom. The van der Waals surface area contributed by atoms with Gasteiger partial charge in [-0.15, -0.1) is 53.6 Å². The zero-order valence-electron chi connectivity index (χ0n) is 31.3. The first kappa shape index (κ1) is 37.6. The summed E-state index contributed by atoms with van der Waals surface area (Å²) < 4.78 is 6.37. The predicted octanol–water partition coefficient (Wildman–Crippen LogP) is 12.8. The van der Waals surface area contributed by atoms with Crippen LogP contribution < -0.4 is 5.19 Å². The Bertz CT molecular complexity index is 2700. The molecule has 271 valence electrons. The van der Waals surface area contributed by atoms with Crippen LogP contribution in [0.2, 0.25) is 19.6 Å². The maximum atomic E-state index is 6.37. The minimum Gasteiger partial charge on any atom is -0.501 e. The van der Waals surface area contributed by atoms with Gasteiger partial charge in [0, 0.05) is 37.9 Å². The number of pyridine rings is 2. The monoisotopic (exact) mass is 905 g/mol. The second-order valence-corrected chi connectivity index (χ2v) is 19.6. The molecule has 0 unspecified atom stereocenters. The van der Waals surface area contributed by atoms with Crippen molar-refractivity contribution >= 4 is 35.2 Å². The van der Waals surface area contributed by atoms with Crippen LogP contribution in [0.3, 0.4) is 0 Å². The SMILES string of the molecule is Cc1cc(-c2[c-]ccc(-c3ccccc3)c2)ncc1[Si](C)(C)C.[Ir].[c-]1ccc2c(oc3cc(-c4ccccc4)ccc32)c1-c1cc(-c2ccccc2)ccn1. The van der Waals surface area contributed by atoms with Crippen LogP contribution in [0.5, 0.6) is 0 Å². The molecule has 3 nitrogen and oxygen atoms in total. The van der Waals surface area contributed by atoms with Crippen molar-refractivity contribution in [2.75, 3.05) is 0 Å². The third-order valence-corrected chi connectivity index (χ3v) is 11.9. The number of furan rings is 1. The van der Waals surface area contributed by atoms with Crippen LogP contribution in [0.25, 0.3) is 77.8 Å². The van der Waals surface area contributed by atoms with Crippen molar-refractivity contribution in [3.8, 4) is 55.9 Å². The van der Waals surface area contributed by atoms with E-state index in [1.54, 1.807) is 0 Å². The molecule has 55 heavy (non-hydrogen) atoms. The van der Waals surface area contributed by atoms with E-state index in [0.717, 1.165) is 61.1 Å². The normalized spacial score (nSPS) is 11.1. The van der Waals surface area contributed by atoms with Gasteiger partial charge in [0.25, 0.3) is 0 Å². The summed E-state index contributed by atoms with van der Waals surface area (Å²) in [4.78, 5) is 9.34. The molecule has 0 saturated carbocycles. The summed E-state index contributed by atoms with van der Waals surface area (Å²) in [6.07, 6.45) is 3.92. The van der Waals surface area contributed by atoms with Crippen molar-refractivity contribution < 1.29 is 24.5 Å². The number of rotatable bonds is 6. The van der Waals surface area contributed by atoms with Gasteiger partial charge in [-0.05, 0) is 63.4 Å². The molecule has 0 spiro atoms. The molecule has 3 heterocycles. The number of aryl methyl sites for hydroxylation is 1. The molecule has 0 aliphatic rings. The molecule has 0 fully saturated rings. The van der Waals surface area contributed by atoms with Gasteiger partial charge in [0.1, 0.15) is 5.58 Å². The molecule has 1 radical (unpaired) electrons. The minimum atomic E-state index is -1.34. The van der Waals surface area contributed by atoms with Gasteiger partial charge in [-0.25, -0.2) is 0 Å². The molecule has 0 N–H and O–H groups in total. The Kier molecular flexibility index (Phi) is 11.2. The smallest absolute Gasteiger partial charge is 0.121 e. The second-order valence-electron chi connectivity index (χ2n) is 14.6. The molecule has 0 aliphatic carbocycles. The maximum absolute atomic E-state index is 6.37. The van der Waals surface area contributed by atoms with Crippen LogP contribution in [0.1, 0.15) is 5.56 Å². The van der Waals surface area contributed by atoms with E-state index in [9.17, 15) is 0 Å². The summed E-state index contributed by atoms with van der Waals surface area (Å²) in [6, 6.07) is 60.8. The fraction of sp³-hybridized carbons (Fsp3) is 0.0800. The van der Waals surface area contributed by atoms with Crippen molar-refractivity contribution in [3.63, 3.8) is 0 Å². The molecule has 0 saturated heterocycles. The van der Waals surface area contributed by atoms with Crippen LogP contribution >= 0.6 is 0 Å². The van der Waals surface area contributed by atoms with Crippen LogP contribution in [-0.2, 0) is 20.1 Å². The van der Waals surface area contributed by atoms with Gasteiger partial charge in [0.15, 0.2) is 0 Å². The van der Waals surface area contributed by atoms with Crippen molar-refractivity contribution in [3.05, 3.63) is 188 Å². The van der Waals surface area contributed by atoms with Gasteiger partial charge in [-0.1, -0.05) is 151 Å². The van der Waals surface area contributed by atoms with E-state index in [2.05, 4.69) is 159 Å². The van der Waals surface area contributed by atoms with E-state index >= 15 is 0 Å². The van der Waals surface area contributed by atoms with Crippen molar-refractivity contribution in [1.82, 2.24) is 9.97 Å². The van der Waals surface area contributed by atoms with Crippen molar-refractivity contribution in [2.24, 2.45) is 0 Å². The molecule has 0 aliphatic heterocycles. The van der Waals surface area contributed by atoms with Crippen LogP contribution in [0.4, 0.5) is 0 Å². The molecule has 3 aromatic heterocycles. The zero-order valence-corrected chi connectivity index (χ0v) is 34.7. The summed E-state index contributed by atoms with van der Waals surface area (Å²) in [5.74, 6) is 0. The van der Waals surface area contributed by atoms with Gasteiger partial charge in [0.05, 0.1) is 13.7 Å². The number of benzene rings is 6. The Morgan fingerprint density at radius 2 is 1.13 bits per heavy atom. The molecule has 5 heteroatoms. The first-order valence-electron chi connectivity index (χ1n) is 18.3. The third-order valence-electron chi connectivity index (χ3n) is 9.77. The minimum absolute atomic E-state index is 0. The summed E-state index contributed by atoms with van der Waals surface area (Å²) in [7, 11) is -1.34. The topological polar surface area (TPSA) is 38.9 Å². The summed E-state index contributed by atoms with van der Waals surface area (Å²) in [6.45, 7) is 9.27. The first-order valence-corrected chi connectivity index (χ1v) is 21.8. The number of fused-ring (bicyclic) bond motifs is 3. The summed E-state index contributed by atoms with van der Waals surface area (Å²) >= 11 is 0. The van der Waals surface area contributed by atoms with E-state index in [4.69, 9.17) is 9.40 Å². The average Bonchev–Trinajstić information content (AvgIpc) is 3.60. The third kappa shape index (κ3) is 8.20. The Hall–Kier alpha value is -5.71. The van der Waals surface area contributed by atoms with Crippen LogP contribution in [0, 0.1) is 19.1 Å². The number of nitrogens with zero attached hydrogens (tertiary/aromatic N) is 2. The fourth-order valence-electron chi connectivity index (χ4n) is 7.03. The second kappa shape index (κ2) is 16.3. The summed E-state index contributed by atoms with van der Waals surface area (Å²) in [5, 5.41) is 3.61. The summed E-state index contributed by atoms with van der Waals surface area (Å²) in [5.41, 5.74) is 13.8. The Labute approximate surface area is 338 Å². The molecular formula is C50H40IrN2OSi-2. The van der Waals surface area contributed by atoms with Crippen LogP contribution in [0.15, 0.2) is 175 Å². The number of hydrogen-bond donors (Lipinski definition) is 0.